The first-order valence-electron chi connectivity index (χ1n) is 5.59. The van der Waals surface area contributed by atoms with Gasteiger partial charge in [-0.05, 0) is 37.3 Å². The van der Waals surface area contributed by atoms with E-state index in [9.17, 15) is 0 Å². The highest BCUT2D eigenvalue weighted by molar-refractivity contribution is 7.10. The normalized spacial score (nSPS) is 13.0. The molecule has 1 atom stereocenters. The highest BCUT2D eigenvalue weighted by Crippen LogP contribution is 2.14. The Morgan fingerprint density at radius 2 is 2.33 bits per heavy atom. The van der Waals surface area contributed by atoms with Crippen molar-refractivity contribution in [1.29, 1.82) is 0 Å². The minimum Gasteiger partial charge on any atom is -0.377 e. The molecule has 1 unspecified atom stereocenters. The number of ether oxygens (including phenoxy) is 1. The second kappa shape index (κ2) is 6.99. The molecular weight excluding hydrogens is 206 g/mol. The second-order valence-electron chi connectivity index (χ2n) is 3.79. The summed E-state index contributed by atoms with van der Waals surface area (Å²) in [7, 11) is 0. The summed E-state index contributed by atoms with van der Waals surface area (Å²) < 4.78 is 5.58. The summed E-state index contributed by atoms with van der Waals surface area (Å²) in [4.78, 5) is 1.43. The maximum atomic E-state index is 5.58. The third kappa shape index (κ3) is 4.78. The van der Waals surface area contributed by atoms with Crippen LogP contribution in [0.4, 0.5) is 0 Å². The fourth-order valence-electron chi connectivity index (χ4n) is 1.24. The summed E-state index contributed by atoms with van der Waals surface area (Å²) in [6, 6.07) is 2.16. The zero-order valence-corrected chi connectivity index (χ0v) is 10.7. The summed E-state index contributed by atoms with van der Waals surface area (Å²) in [5.41, 5.74) is 1.38. The van der Waals surface area contributed by atoms with Crippen LogP contribution in [0.3, 0.4) is 0 Å². The van der Waals surface area contributed by atoms with Gasteiger partial charge in [-0.2, -0.15) is 0 Å². The molecule has 0 bridgehead atoms. The van der Waals surface area contributed by atoms with Crippen molar-refractivity contribution in [2.45, 2.75) is 39.8 Å². The summed E-state index contributed by atoms with van der Waals surface area (Å²) in [5, 5.41) is 5.53. The van der Waals surface area contributed by atoms with Crippen LogP contribution in [-0.2, 0) is 11.3 Å². The quantitative estimate of drug-likeness (QED) is 0.723. The number of thiophene rings is 1. The maximum absolute atomic E-state index is 5.58. The van der Waals surface area contributed by atoms with Crippen LogP contribution in [0.5, 0.6) is 0 Å². The second-order valence-corrected chi connectivity index (χ2v) is 4.79. The lowest BCUT2D eigenvalue weighted by Gasteiger charge is -2.10. The van der Waals surface area contributed by atoms with Gasteiger partial charge in [0.1, 0.15) is 0 Å². The van der Waals surface area contributed by atoms with E-state index in [-0.39, 0.29) is 0 Å². The summed E-state index contributed by atoms with van der Waals surface area (Å²) >= 11 is 1.82. The topological polar surface area (TPSA) is 21.3 Å². The Labute approximate surface area is 96.7 Å². The van der Waals surface area contributed by atoms with Gasteiger partial charge in [-0.3, -0.25) is 0 Å². The van der Waals surface area contributed by atoms with Crippen LogP contribution < -0.4 is 5.32 Å². The van der Waals surface area contributed by atoms with E-state index < -0.39 is 0 Å². The van der Waals surface area contributed by atoms with Gasteiger partial charge in [0.2, 0.25) is 0 Å². The smallest absolute Gasteiger partial charge is 0.0594 e. The molecule has 1 N–H and O–H groups in total. The SMILES string of the molecule is CCC(C)OCCNCc1sccc1C. The molecule has 1 aromatic heterocycles. The van der Waals surface area contributed by atoms with E-state index in [1.807, 2.05) is 11.3 Å². The van der Waals surface area contributed by atoms with E-state index >= 15 is 0 Å². The molecule has 3 heteroatoms. The zero-order valence-electron chi connectivity index (χ0n) is 9.88. The molecule has 2 nitrogen and oxygen atoms in total. The Balaban J connectivity index is 2.05. The number of nitrogens with one attached hydrogen (secondary N) is 1. The molecular formula is C12H21NOS. The van der Waals surface area contributed by atoms with Gasteiger partial charge in [0.05, 0.1) is 12.7 Å². The fourth-order valence-corrected chi connectivity index (χ4v) is 2.11. The molecule has 0 fully saturated rings. The number of rotatable bonds is 7. The Bertz CT molecular complexity index is 272. The van der Waals surface area contributed by atoms with Crippen LogP contribution in [0.15, 0.2) is 11.4 Å². The average molecular weight is 227 g/mol. The summed E-state index contributed by atoms with van der Waals surface area (Å²) in [5.74, 6) is 0. The molecule has 1 heterocycles. The predicted octanol–water partition coefficient (Wildman–Crippen LogP) is 2.96. The highest BCUT2D eigenvalue weighted by Gasteiger charge is 1.99. The van der Waals surface area contributed by atoms with Crippen LogP contribution >= 0.6 is 11.3 Å². The van der Waals surface area contributed by atoms with Crippen LogP contribution in [0.25, 0.3) is 0 Å². The van der Waals surface area contributed by atoms with Crippen LogP contribution in [-0.4, -0.2) is 19.3 Å². The van der Waals surface area contributed by atoms with E-state index in [1.54, 1.807) is 0 Å². The predicted molar refractivity (Wildman–Crippen MR) is 66.5 cm³/mol. The molecule has 1 aromatic rings. The van der Waals surface area contributed by atoms with Gasteiger partial charge in [-0.1, -0.05) is 6.92 Å². The van der Waals surface area contributed by atoms with E-state index in [0.717, 1.165) is 26.1 Å². The van der Waals surface area contributed by atoms with Crippen molar-refractivity contribution in [2.75, 3.05) is 13.2 Å². The van der Waals surface area contributed by atoms with Crippen molar-refractivity contribution < 1.29 is 4.74 Å². The molecule has 1 rings (SSSR count). The first kappa shape index (κ1) is 12.7. The Morgan fingerprint density at radius 3 is 2.93 bits per heavy atom. The largest absolute Gasteiger partial charge is 0.377 e. The van der Waals surface area contributed by atoms with E-state index in [1.165, 1.54) is 10.4 Å². The molecule has 0 aliphatic rings. The molecule has 15 heavy (non-hydrogen) atoms. The Morgan fingerprint density at radius 1 is 1.53 bits per heavy atom. The van der Waals surface area contributed by atoms with Gasteiger partial charge < -0.3 is 10.1 Å². The molecule has 0 aromatic carbocycles. The standard InChI is InChI=1S/C12H21NOS/c1-4-11(3)14-7-6-13-9-12-10(2)5-8-15-12/h5,8,11,13H,4,6-7,9H2,1-3H3. The van der Waals surface area contributed by atoms with Crippen molar-refractivity contribution in [2.24, 2.45) is 0 Å². The lowest BCUT2D eigenvalue weighted by Crippen LogP contribution is -2.21. The van der Waals surface area contributed by atoms with E-state index in [4.69, 9.17) is 4.74 Å². The van der Waals surface area contributed by atoms with Crippen molar-refractivity contribution in [3.63, 3.8) is 0 Å². The molecule has 0 radical (unpaired) electrons. The molecule has 0 spiro atoms. The Kier molecular flexibility index (Phi) is 5.91. The van der Waals surface area contributed by atoms with Gasteiger partial charge in [0.15, 0.2) is 0 Å². The minimum atomic E-state index is 0.385. The molecule has 86 valence electrons. The zero-order chi connectivity index (χ0) is 11.1. The molecule has 0 aliphatic carbocycles. The van der Waals surface area contributed by atoms with Crippen molar-refractivity contribution in [3.8, 4) is 0 Å². The number of aryl methyl sites for hydroxylation is 1. The molecule has 0 amide bonds. The number of hydrogen-bond donors (Lipinski definition) is 1. The number of hydrogen-bond acceptors (Lipinski definition) is 3. The summed E-state index contributed by atoms with van der Waals surface area (Å²) in [6.07, 6.45) is 1.47. The highest BCUT2D eigenvalue weighted by atomic mass is 32.1. The van der Waals surface area contributed by atoms with Gasteiger partial charge in [0.25, 0.3) is 0 Å². The lowest BCUT2D eigenvalue weighted by atomic mass is 10.3. The summed E-state index contributed by atoms with van der Waals surface area (Å²) in [6.45, 7) is 9.12. The van der Waals surface area contributed by atoms with E-state index in [0.29, 0.717) is 6.10 Å². The fraction of sp³-hybridized carbons (Fsp3) is 0.667. The van der Waals surface area contributed by atoms with Crippen molar-refractivity contribution in [3.05, 3.63) is 21.9 Å². The van der Waals surface area contributed by atoms with E-state index in [2.05, 4.69) is 37.5 Å². The van der Waals surface area contributed by atoms with Crippen LogP contribution in [0.2, 0.25) is 0 Å². The average Bonchev–Trinajstić information content (AvgIpc) is 2.63. The first-order chi connectivity index (χ1) is 7.24. The third-order valence-corrected chi connectivity index (χ3v) is 3.53. The van der Waals surface area contributed by atoms with Crippen LogP contribution in [0, 0.1) is 6.92 Å². The third-order valence-electron chi connectivity index (χ3n) is 2.51. The van der Waals surface area contributed by atoms with Crippen LogP contribution in [0.1, 0.15) is 30.7 Å². The molecule has 0 aliphatic heterocycles. The van der Waals surface area contributed by atoms with Crippen molar-refractivity contribution in [1.82, 2.24) is 5.32 Å². The van der Waals surface area contributed by atoms with Gasteiger partial charge in [-0.15, -0.1) is 11.3 Å². The lowest BCUT2D eigenvalue weighted by molar-refractivity contribution is 0.0655. The van der Waals surface area contributed by atoms with Gasteiger partial charge in [-0.25, -0.2) is 0 Å². The van der Waals surface area contributed by atoms with Crippen molar-refractivity contribution >= 4 is 11.3 Å². The van der Waals surface area contributed by atoms with Gasteiger partial charge in [0, 0.05) is 18.0 Å². The minimum absolute atomic E-state index is 0.385. The molecule has 0 saturated carbocycles. The maximum Gasteiger partial charge on any atom is 0.0594 e. The molecule has 0 saturated heterocycles. The van der Waals surface area contributed by atoms with Gasteiger partial charge >= 0.3 is 0 Å². The first-order valence-corrected chi connectivity index (χ1v) is 6.47. The monoisotopic (exact) mass is 227 g/mol. The Hall–Kier alpha value is -0.380.